The average Bonchev–Trinajstić information content (AvgIpc) is 2.90. The van der Waals surface area contributed by atoms with Crippen molar-refractivity contribution in [3.8, 4) is 0 Å². The number of nitrogens with zero attached hydrogens (tertiary/aromatic N) is 2. The molecule has 0 bridgehead atoms. The highest BCUT2D eigenvalue weighted by Gasteiger charge is 2.21. The van der Waals surface area contributed by atoms with Gasteiger partial charge in [0.1, 0.15) is 11.3 Å². The molecule has 2 N–H and O–H groups in total. The van der Waals surface area contributed by atoms with Gasteiger partial charge in [-0.3, -0.25) is 14.3 Å². The van der Waals surface area contributed by atoms with Crippen molar-refractivity contribution in [3.05, 3.63) is 26.7 Å². The number of hydrogen-bond acceptors (Lipinski definition) is 4. The molecule has 7 heteroatoms. The quantitative estimate of drug-likeness (QED) is 0.865. The molecule has 1 fully saturated rings. The second kappa shape index (κ2) is 5.24. The van der Waals surface area contributed by atoms with E-state index in [1.165, 1.54) is 4.57 Å². The van der Waals surface area contributed by atoms with E-state index in [0.717, 1.165) is 31.7 Å². The summed E-state index contributed by atoms with van der Waals surface area (Å²) in [7, 11) is 0. The van der Waals surface area contributed by atoms with Gasteiger partial charge in [-0.15, -0.1) is 0 Å². The van der Waals surface area contributed by atoms with Gasteiger partial charge in [0.25, 0.3) is 5.56 Å². The molecule has 3 rings (SSSR count). The van der Waals surface area contributed by atoms with Gasteiger partial charge in [-0.1, -0.05) is 6.92 Å². The molecule has 1 aliphatic rings. The first-order valence-electron chi connectivity index (χ1n) is 7.01. The number of hydrogen-bond donors (Lipinski definition) is 2. The lowest BCUT2D eigenvalue weighted by Crippen LogP contribution is -2.30. The van der Waals surface area contributed by atoms with Gasteiger partial charge in [-0.05, 0) is 19.3 Å². The molecule has 1 saturated heterocycles. The number of nitrogens with one attached hydrogen (secondary N) is 2. The Morgan fingerprint density at radius 1 is 1.40 bits per heavy atom. The summed E-state index contributed by atoms with van der Waals surface area (Å²) in [5.74, 6) is 0.904. The first-order chi connectivity index (χ1) is 9.70. The predicted octanol–water partition coefficient (Wildman–Crippen LogP) is 0.717. The Bertz CT molecular complexity index is 721. The van der Waals surface area contributed by atoms with Crippen molar-refractivity contribution in [3.63, 3.8) is 0 Å². The zero-order valence-corrected chi connectivity index (χ0v) is 11.4. The fourth-order valence-electron chi connectivity index (χ4n) is 2.64. The Labute approximate surface area is 115 Å². The smallest absolute Gasteiger partial charge is 0.330 e. The monoisotopic (exact) mass is 278 g/mol. The topological polar surface area (TPSA) is 92.8 Å². The third-order valence-electron chi connectivity index (χ3n) is 3.65. The highest BCUT2D eigenvalue weighted by molar-refractivity contribution is 5.69. The summed E-state index contributed by atoms with van der Waals surface area (Å²) in [6, 6.07) is 0. The maximum absolute atomic E-state index is 11.9. The first kappa shape index (κ1) is 13.1. The minimum absolute atomic E-state index is 0.167. The zero-order valence-electron chi connectivity index (χ0n) is 11.4. The zero-order chi connectivity index (χ0) is 14.1. The van der Waals surface area contributed by atoms with Crippen LogP contribution in [0.15, 0.2) is 9.59 Å². The lowest BCUT2D eigenvalue weighted by Gasteiger charge is -2.19. The molecule has 1 atom stereocenters. The summed E-state index contributed by atoms with van der Waals surface area (Å²) in [6.45, 7) is 3.90. The summed E-state index contributed by atoms with van der Waals surface area (Å²) < 4.78 is 6.96. The molecule has 1 unspecified atom stereocenters. The van der Waals surface area contributed by atoms with Crippen LogP contribution in [0.1, 0.15) is 37.9 Å². The van der Waals surface area contributed by atoms with Crippen LogP contribution in [0.25, 0.3) is 11.2 Å². The van der Waals surface area contributed by atoms with E-state index in [-0.39, 0.29) is 5.92 Å². The predicted molar refractivity (Wildman–Crippen MR) is 74.1 cm³/mol. The molecule has 0 spiro atoms. The molecule has 3 heterocycles. The van der Waals surface area contributed by atoms with Gasteiger partial charge in [0.2, 0.25) is 0 Å². The van der Waals surface area contributed by atoms with Crippen LogP contribution < -0.4 is 11.2 Å². The van der Waals surface area contributed by atoms with E-state index in [0.29, 0.717) is 24.3 Å². The van der Waals surface area contributed by atoms with E-state index >= 15 is 0 Å². The number of imidazole rings is 1. The normalized spacial score (nSPS) is 19.6. The van der Waals surface area contributed by atoms with Crippen LogP contribution in [0.4, 0.5) is 0 Å². The van der Waals surface area contributed by atoms with Crippen molar-refractivity contribution >= 4 is 11.2 Å². The largest absolute Gasteiger partial charge is 0.381 e. The van der Waals surface area contributed by atoms with Crippen LogP contribution in [0.2, 0.25) is 0 Å². The fraction of sp³-hybridized carbons (Fsp3) is 0.615. The minimum Gasteiger partial charge on any atom is -0.381 e. The molecule has 0 aromatic carbocycles. The number of rotatable bonds is 3. The molecule has 0 aliphatic carbocycles. The molecule has 2 aromatic rings. The first-order valence-corrected chi connectivity index (χ1v) is 7.01. The number of ether oxygens (including phenoxy) is 1. The number of aromatic amines is 2. The molecule has 7 nitrogen and oxygen atoms in total. The van der Waals surface area contributed by atoms with Gasteiger partial charge >= 0.3 is 5.69 Å². The highest BCUT2D eigenvalue weighted by atomic mass is 16.5. The third-order valence-corrected chi connectivity index (χ3v) is 3.65. The van der Waals surface area contributed by atoms with Crippen LogP contribution in [0, 0.1) is 0 Å². The number of fused-ring (bicyclic) bond motifs is 1. The molecule has 0 amide bonds. The van der Waals surface area contributed by atoms with Gasteiger partial charge < -0.3 is 9.72 Å². The molecule has 1 aliphatic heterocycles. The molecule has 20 heavy (non-hydrogen) atoms. The van der Waals surface area contributed by atoms with Crippen molar-refractivity contribution in [2.24, 2.45) is 0 Å². The Balaban J connectivity index is 2.13. The molecule has 2 aromatic heterocycles. The maximum Gasteiger partial charge on any atom is 0.330 e. The SMILES string of the molecule is CCCn1c(=O)[nH]c(=O)c2[nH]c(C3CCCOC3)nc21. The minimum atomic E-state index is -0.409. The lowest BCUT2D eigenvalue weighted by molar-refractivity contribution is 0.0784. The summed E-state index contributed by atoms with van der Waals surface area (Å²) in [4.78, 5) is 33.6. The number of aromatic nitrogens is 4. The van der Waals surface area contributed by atoms with Gasteiger partial charge in [0.15, 0.2) is 5.65 Å². The third kappa shape index (κ3) is 2.18. The van der Waals surface area contributed by atoms with Gasteiger partial charge in [0.05, 0.1) is 6.61 Å². The van der Waals surface area contributed by atoms with Crippen LogP contribution in [0.3, 0.4) is 0 Å². The van der Waals surface area contributed by atoms with Crippen LogP contribution in [0.5, 0.6) is 0 Å². The van der Waals surface area contributed by atoms with E-state index in [4.69, 9.17) is 4.74 Å². The van der Waals surface area contributed by atoms with Crippen molar-refractivity contribution < 1.29 is 4.74 Å². The number of H-pyrrole nitrogens is 2. The van der Waals surface area contributed by atoms with Gasteiger partial charge in [-0.2, -0.15) is 0 Å². The second-order valence-corrected chi connectivity index (χ2v) is 5.15. The van der Waals surface area contributed by atoms with Crippen molar-refractivity contribution in [2.75, 3.05) is 13.2 Å². The van der Waals surface area contributed by atoms with Crippen molar-refractivity contribution in [1.29, 1.82) is 0 Å². The Morgan fingerprint density at radius 3 is 2.95 bits per heavy atom. The van der Waals surface area contributed by atoms with Gasteiger partial charge in [0, 0.05) is 19.1 Å². The summed E-state index contributed by atoms with van der Waals surface area (Å²) in [6.07, 6.45) is 2.77. The Hall–Kier alpha value is -1.89. The Morgan fingerprint density at radius 2 is 2.25 bits per heavy atom. The van der Waals surface area contributed by atoms with Crippen LogP contribution in [-0.4, -0.2) is 32.7 Å². The maximum atomic E-state index is 11.9. The summed E-state index contributed by atoms with van der Waals surface area (Å²) >= 11 is 0. The molecular weight excluding hydrogens is 260 g/mol. The standard InChI is InChI=1S/C13H18N4O3/c1-2-5-17-11-9(12(18)16-13(17)19)14-10(15-11)8-4-3-6-20-7-8/h8H,2-7H2,1H3,(H,14,15)(H,16,18,19). The summed E-state index contributed by atoms with van der Waals surface area (Å²) in [5, 5.41) is 0. The van der Waals surface area contributed by atoms with Crippen LogP contribution in [-0.2, 0) is 11.3 Å². The van der Waals surface area contributed by atoms with Crippen molar-refractivity contribution in [2.45, 2.75) is 38.6 Å². The molecule has 0 saturated carbocycles. The highest BCUT2D eigenvalue weighted by Crippen LogP contribution is 2.24. The van der Waals surface area contributed by atoms with E-state index < -0.39 is 11.2 Å². The van der Waals surface area contributed by atoms with Crippen molar-refractivity contribution in [1.82, 2.24) is 19.5 Å². The number of aryl methyl sites for hydroxylation is 1. The summed E-state index contributed by atoms with van der Waals surface area (Å²) in [5.41, 5.74) is 0.00919. The average molecular weight is 278 g/mol. The molecule has 0 radical (unpaired) electrons. The second-order valence-electron chi connectivity index (χ2n) is 5.15. The van der Waals surface area contributed by atoms with E-state index in [1.54, 1.807) is 0 Å². The van der Waals surface area contributed by atoms with Crippen LogP contribution >= 0.6 is 0 Å². The molecule has 108 valence electrons. The van der Waals surface area contributed by atoms with E-state index in [2.05, 4.69) is 15.0 Å². The van der Waals surface area contributed by atoms with Gasteiger partial charge in [-0.25, -0.2) is 9.78 Å². The Kier molecular flexibility index (Phi) is 3.43. The lowest BCUT2D eigenvalue weighted by atomic mass is 10.0. The molecular formula is C13H18N4O3. The fourth-order valence-corrected chi connectivity index (χ4v) is 2.64. The van der Waals surface area contributed by atoms with E-state index in [1.807, 2.05) is 6.92 Å². The van der Waals surface area contributed by atoms with E-state index in [9.17, 15) is 9.59 Å².